The van der Waals surface area contributed by atoms with Gasteiger partial charge in [0.1, 0.15) is 5.78 Å². The molecule has 15 heavy (non-hydrogen) atoms. The molecule has 0 aromatic carbocycles. The lowest BCUT2D eigenvalue weighted by Gasteiger charge is -2.06. The highest BCUT2D eigenvalue weighted by atomic mass is 32.1. The molecule has 0 aliphatic carbocycles. The molecule has 0 aromatic rings. The molecule has 90 valence electrons. The van der Waals surface area contributed by atoms with Crippen LogP contribution in [0.3, 0.4) is 0 Å². The third-order valence-corrected chi connectivity index (χ3v) is 1.74. The molecule has 0 aliphatic heterocycles. The van der Waals surface area contributed by atoms with Crippen LogP contribution in [0.15, 0.2) is 0 Å². The molecule has 0 saturated heterocycles. The minimum Gasteiger partial charge on any atom is -0.394 e. The standard InChI is InChI=1S/C6H11NO2.C3H8O2S/c1-5(8)4-6(9)7(2)3;4-1-3(5)2-6/h4H2,1-3H3;3-6H,1-2H2. The second-order valence-corrected chi connectivity index (χ2v) is 3.55. The number of amides is 1. The van der Waals surface area contributed by atoms with Gasteiger partial charge < -0.3 is 15.1 Å². The summed E-state index contributed by atoms with van der Waals surface area (Å²) >= 11 is 3.69. The second kappa shape index (κ2) is 9.95. The molecule has 1 atom stereocenters. The Morgan fingerprint density at radius 2 is 1.87 bits per heavy atom. The molecular weight excluding hydrogens is 218 g/mol. The summed E-state index contributed by atoms with van der Waals surface area (Å²) < 4.78 is 0. The van der Waals surface area contributed by atoms with E-state index in [4.69, 9.17) is 10.2 Å². The maximum Gasteiger partial charge on any atom is 0.229 e. The number of thiol groups is 1. The van der Waals surface area contributed by atoms with Gasteiger partial charge in [0.2, 0.25) is 5.91 Å². The van der Waals surface area contributed by atoms with Crippen LogP contribution in [0.2, 0.25) is 0 Å². The van der Waals surface area contributed by atoms with E-state index in [1.165, 1.54) is 11.8 Å². The van der Waals surface area contributed by atoms with E-state index >= 15 is 0 Å². The zero-order valence-electron chi connectivity index (χ0n) is 9.30. The van der Waals surface area contributed by atoms with Crippen LogP contribution in [0, 0.1) is 0 Å². The Balaban J connectivity index is 0. The van der Waals surface area contributed by atoms with E-state index in [0.717, 1.165) is 0 Å². The van der Waals surface area contributed by atoms with Crippen LogP contribution < -0.4 is 0 Å². The number of hydrogen-bond donors (Lipinski definition) is 3. The number of Topliss-reactive ketones (excluding diaryl/α,β-unsaturated/α-hetero) is 1. The number of hydrogen-bond acceptors (Lipinski definition) is 5. The summed E-state index contributed by atoms with van der Waals surface area (Å²) in [5.41, 5.74) is 0. The molecule has 0 heterocycles. The van der Waals surface area contributed by atoms with Crippen molar-refractivity contribution >= 4 is 24.3 Å². The van der Waals surface area contributed by atoms with Gasteiger partial charge in [-0.3, -0.25) is 9.59 Å². The summed E-state index contributed by atoms with van der Waals surface area (Å²) in [6, 6.07) is 0. The predicted molar refractivity (Wildman–Crippen MR) is 60.9 cm³/mol. The van der Waals surface area contributed by atoms with E-state index in [1.807, 2.05) is 0 Å². The van der Waals surface area contributed by atoms with Gasteiger partial charge in [0, 0.05) is 19.8 Å². The quantitative estimate of drug-likeness (QED) is 0.447. The van der Waals surface area contributed by atoms with Crippen LogP contribution in [0.25, 0.3) is 0 Å². The van der Waals surface area contributed by atoms with Crippen LogP contribution in [-0.4, -0.2) is 59.4 Å². The number of nitrogens with zero attached hydrogens (tertiary/aromatic N) is 1. The Morgan fingerprint density at radius 1 is 1.40 bits per heavy atom. The fourth-order valence-electron chi connectivity index (χ4n) is 0.429. The summed E-state index contributed by atoms with van der Waals surface area (Å²) in [7, 11) is 3.26. The van der Waals surface area contributed by atoms with Gasteiger partial charge in [-0.1, -0.05) is 0 Å². The van der Waals surface area contributed by atoms with Crippen molar-refractivity contribution < 1.29 is 19.8 Å². The lowest BCUT2D eigenvalue weighted by Crippen LogP contribution is -2.23. The molecular formula is C9H19NO4S. The molecule has 0 radical (unpaired) electrons. The van der Waals surface area contributed by atoms with Crippen LogP contribution in [0.4, 0.5) is 0 Å². The second-order valence-electron chi connectivity index (χ2n) is 3.19. The van der Waals surface area contributed by atoms with Crippen molar-refractivity contribution in [2.75, 3.05) is 26.5 Å². The smallest absolute Gasteiger partial charge is 0.229 e. The molecule has 0 bridgehead atoms. The van der Waals surface area contributed by atoms with Crippen LogP contribution in [-0.2, 0) is 9.59 Å². The van der Waals surface area contributed by atoms with Gasteiger partial charge in [-0.15, -0.1) is 0 Å². The average Bonchev–Trinajstić information content (AvgIpc) is 2.16. The minimum atomic E-state index is -0.645. The summed E-state index contributed by atoms with van der Waals surface area (Å²) in [5, 5.41) is 16.4. The molecule has 1 amide bonds. The molecule has 2 N–H and O–H groups in total. The number of aliphatic hydroxyl groups excluding tert-OH is 2. The normalized spacial score (nSPS) is 11.1. The molecule has 0 spiro atoms. The molecule has 1 unspecified atom stereocenters. The number of carbonyl (C=O) groups is 2. The topological polar surface area (TPSA) is 77.8 Å². The Kier molecular flexibility index (Phi) is 11.2. The van der Waals surface area contributed by atoms with Crippen molar-refractivity contribution in [2.24, 2.45) is 0 Å². The van der Waals surface area contributed by atoms with Gasteiger partial charge in [0.15, 0.2) is 0 Å². The predicted octanol–water partition coefficient (Wildman–Crippen LogP) is -0.677. The molecule has 0 aromatic heterocycles. The van der Waals surface area contributed by atoms with Crippen LogP contribution >= 0.6 is 12.6 Å². The zero-order valence-corrected chi connectivity index (χ0v) is 10.2. The SMILES string of the molecule is CC(=O)CC(=O)N(C)C.OCC(O)CS. The highest BCUT2D eigenvalue weighted by Crippen LogP contribution is 1.86. The number of aliphatic hydroxyl groups is 2. The lowest BCUT2D eigenvalue weighted by molar-refractivity contribution is -0.132. The van der Waals surface area contributed by atoms with Crippen LogP contribution in [0.1, 0.15) is 13.3 Å². The van der Waals surface area contributed by atoms with Crippen LogP contribution in [0.5, 0.6) is 0 Å². The first-order valence-electron chi connectivity index (χ1n) is 4.44. The van der Waals surface area contributed by atoms with Crippen molar-refractivity contribution in [1.82, 2.24) is 4.90 Å². The summed E-state index contributed by atoms with van der Waals surface area (Å²) in [5.74, 6) is 0.104. The fourth-order valence-corrected chi connectivity index (χ4v) is 0.544. The first kappa shape index (κ1) is 16.8. The summed E-state index contributed by atoms with van der Waals surface area (Å²) in [6.45, 7) is 1.21. The lowest BCUT2D eigenvalue weighted by atomic mass is 10.3. The first-order valence-corrected chi connectivity index (χ1v) is 5.07. The number of rotatable bonds is 4. The van der Waals surface area contributed by atoms with E-state index in [-0.39, 0.29) is 24.7 Å². The fraction of sp³-hybridized carbons (Fsp3) is 0.778. The average molecular weight is 237 g/mol. The molecule has 0 aliphatic rings. The van der Waals surface area contributed by atoms with E-state index < -0.39 is 6.10 Å². The van der Waals surface area contributed by atoms with Crippen molar-refractivity contribution in [3.8, 4) is 0 Å². The molecule has 0 saturated carbocycles. The number of ketones is 1. The zero-order chi connectivity index (χ0) is 12.4. The largest absolute Gasteiger partial charge is 0.394 e. The van der Waals surface area contributed by atoms with E-state index in [0.29, 0.717) is 5.75 Å². The Morgan fingerprint density at radius 3 is 1.93 bits per heavy atom. The Bertz CT molecular complexity index is 193. The van der Waals surface area contributed by atoms with E-state index in [9.17, 15) is 9.59 Å². The number of carbonyl (C=O) groups excluding carboxylic acids is 2. The third-order valence-electron chi connectivity index (χ3n) is 1.32. The van der Waals surface area contributed by atoms with Gasteiger partial charge in [0.05, 0.1) is 19.1 Å². The Labute approximate surface area is 95.5 Å². The van der Waals surface area contributed by atoms with Gasteiger partial charge in [-0.2, -0.15) is 12.6 Å². The van der Waals surface area contributed by atoms with Gasteiger partial charge in [0.25, 0.3) is 0 Å². The monoisotopic (exact) mass is 237 g/mol. The van der Waals surface area contributed by atoms with E-state index in [2.05, 4.69) is 12.6 Å². The molecule has 0 rings (SSSR count). The van der Waals surface area contributed by atoms with E-state index in [1.54, 1.807) is 14.1 Å². The summed E-state index contributed by atoms with van der Waals surface area (Å²) in [4.78, 5) is 22.4. The highest BCUT2D eigenvalue weighted by molar-refractivity contribution is 7.80. The molecule has 6 heteroatoms. The van der Waals surface area contributed by atoms with Crippen molar-refractivity contribution in [3.63, 3.8) is 0 Å². The molecule has 0 fully saturated rings. The van der Waals surface area contributed by atoms with Crippen molar-refractivity contribution in [1.29, 1.82) is 0 Å². The Hall–Kier alpha value is -0.590. The van der Waals surface area contributed by atoms with Crippen molar-refractivity contribution in [2.45, 2.75) is 19.4 Å². The third kappa shape index (κ3) is 13.4. The maximum atomic E-state index is 10.7. The summed E-state index contributed by atoms with van der Waals surface area (Å²) in [6.07, 6.45) is -0.624. The van der Waals surface area contributed by atoms with Gasteiger partial charge >= 0.3 is 0 Å². The first-order chi connectivity index (χ1) is 6.84. The van der Waals surface area contributed by atoms with Crippen molar-refractivity contribution in [3.05, 3.63) is 0 Å². The van der Waals surface area contributed by atoms with Gasteiger partial charge in [-0.05, 0) is 6.92 Å². The maximum absolute atomic E-state index is 10.7. The highest BCUT2D eigenvalue weighted by Gasteiger charge is 2.05. The minimum absolute atomic E-state index is 0.0208. The van der Waals surface area contributed by atoms with Gasteiger partial charge in [-0.25, -0.2) is 0 Å². The molecule has 5 nitrogen and oxygen atoms in total.